The molecule has 2 unspecified atom stereocenters. The molecule has 8 nitrogen and oxygen atoms in total. The van der Waals surface area contributed by atoms with Crippen LogP contribution in [0.4, 0.5) is 0 Å². The number of hydrogen-bond donors (Lipinski definition) is 3. The number of rotatable bonds is 6. The van der Waals surface area contributed by atoms with Crippen molar-refractivity contribution in [1.82, 2.24) is 9.55 Å². The molecular weight excluding hydrogens is 398 g/mol. The van der Waals surface area contributed by atoms with Gasteiger partial charge in [0.15, 0.2) is 0 Å². The van der Waals surface area contributed by atoms with Crippen LogP contribution in [0.15, 0.2) is 38.8 Å². The summed E-state index contributed by atoms with van der Waals surface area (Å²) in [5.74, 6) is 0.159. The lowest BCUT2D eigenvalue weighted by Gasteiger charge is -2.44. The molecule has 31 heavy (non-hydrogen) atoms. The van der Waals surface area contributed by atoms with Crippen LogP contribution in [0.1, 0.15) is 52.5 Å². The average molecular weight is 430 g/mol. The Balaban J connectivity index is 1.89. The summed E-state index contributed by atoms with van der Waals surface area (Å²) in [7, 11) is 0. The minimum atomic E-state index is -0.743. The smallest absolute Gasteiger partial charge is 0.335 e. The highest BCUT2D eigenvalue weighted by Gasteiger charge is 2.40. The number of aliphatic hydroxyl groups excluding tert-OH is 1. The number of aliphatic hydroxyl groups is 1. The molecule has 1 aromatic carbocycles. The van der Waals surface area contributed by atoms with Gasteiger partial charge in [0.05, 0.1) is 18.4 Å². The molecule has 0 bridgehead atoms. The highest BCUT2D eigenvalue weighted by Crippen LogP contribution is 2.46. The van der Waals surface area contributed by atoms with E-state index in [-0.39, 0.29) is 22.5 Å². The fourth-order valence-corrected chi connectivity index (χ4v) is 4.81. The summed E-state index contributed by atoms with van der Waals surface area (Å²) in [6, 6.07) is 6.61. The number of benzene rings is 1. The number of aromatic hydroxyl groups is 1. The van der Waals surface area contributed by atoms with Crippen molar-refractivity contribution < 1.29 is 14.9 Å². The molecular formula is C23H31N3O5. The largest absolute Gasteiger partial charge is 0.494 e. The molecule has 2 atom stereocenters. The van der Waals surface area contributed by atoms with E-state index < -0.39 is 17.1 Å². The maximum atomic E-state index is 12.3. The van der Waals surface area contributed by atoms with Crippen molar-refractivity contribution in [2.45, 2.75) is 53.1 Å². The van der Waals surface area contributed by atoms with Gasteiger partial charge in [-0.25, -0.2) is 9.36 Å². The highest BCUT2D eigenvalue weighted by molar-refractivity contribution is 5.82. The number of aromatic nitrogens is 2. The Bertz CT molecular complexity index is 1070. The summed E-state index contributed by atoms with van der Waals surface area (Å²) in [4.78, 5) is 31.3. The first kappa shape index (κ1) is 22.8. The Morgan fingerprint density at radius 3 is 2.52 bits per heavy atom. The molecule has 1 heterocycles. The second-order valence-electron chi connectivity index (χ2n) is 9.44. The predicted octanol–water partition coefficient (Wildman–Crippen LogP) is 2.63. The number of nitrogens with one attached hydrogen (secondary N) is 1. The monoisotopic (exact) mass is 429 g/mol. The molecule has 1 fully saturated rings. The van der Waals surface area contributed by atoms with Crippen LogP contribution in [0.2, 0.25) is 0 Å². The van der Waals surface area contributed by atoms with E-state index in [1.165, 1.54) is 6.21 Å². The minimum Gasteiger partial charge on any atom is -0.494 e. The highest BCUT2D eigenvalue weighted by atomic mass is 16.5. The van der Waals surface area contributed by atoms with Gasteiger partial charge < -0.3 is 14.9 Å². The molecule has 8 heteroatoms. The summed E-state index contributed by atoms with van der Waals surface area (Å²) in [5.41, 5.74) is -1.37. The molecule has 0 aliphatic heterocycles. The fraction of sp³-hybridized carbons (Fsp3) is 0.522. The second kappa shape index (κ2) is 8.70. The molecule has 1 aromatic heterocycles. The summed E-state index contributed by atoms with van der Waals surface area (Å²) in [6.45, 7) is 9.10. The first-order valence-corrected chi connectivity index (χ1v) is 10.5. The summed E-state index contributed by atoms with van der Waals surface area (Å²) in [6.07, 6.45) is 3.18. The van der Waals surface area contributed by atoms with Crippen LogP contribution in [0.5, 0.6) is 11.6 Å². The van der Waals surface area contributed by atoms with Crippen molar-refractivity contribution in [1.29, 1.82) is 0 Å². The quantitative estimate of drug-likeness (QED) is 0.610. The first-order chi connectivity index (χ1) is 14.5. The third kappa shape index (κ3) is 5.25. The molecule has 0 spiro atoms. The van der Waals surface area contributed by atoms with Gasteiger partial charge in [-0.3, -0.25) is 14.8 Å². The van der Waals surface area contributed by atoms with Crippen LogP contribution in [-0.2, 0) is 0 Å². The first-order valence-electron chi connectivity index (χ1n) is 10.5. The third-order valence-corrected chi connectivity index (χ3v) is 5.64. The Hall–Kier alpha value is -2.87. The Morgan fingerprint density at radius 1 is 1.23 bits per heavy atom. The molecule has 3 N–H and O–H groups in total. The third-order valence-electron chi connectivity index (χ3n) is 5.64. The Kier molecular flexibility index (Phi) is 6.40. The van der Waals surface area contributed by atoms with Gasteiger partial charge in [0.2, 0.25) is 5.88 Å². The minimum absolute atomic E-state index is 0.00241. The molecule has 0 saturated heterocycles. The average Bonchev–Trinajstić information content (AvgIpc) is 2.64. The molecule has 2 aromatic rings. The van der Waals surface area contributed by atoms with Gasteiger partial charge in [0.1, 0.15) is 11.3 Å². The topological polar surface area (TPSA) is 117 Å². The lowest BCUT2D eigenvalue weighted by Crippen LogP contribution is -2.40. The molecule has 0 radical (unpaired) electrons. The van der Waals surface area contributed by atoms with Gasteiger partial charge in [-0.1, -0.05) is 20.8 Å². The number of nitrogens with zero attached hydrogens (tertiary/aromatic N) is 2. The van der Waals surface area contributed by atoms with E-state index in [4.69, 9.17) is 4.74 Å². The zero-order valence-electron chi connectivity index (χ0n) is 18.5. The standard InChI is InChI=1S/C23H31N3O5/c1-5-31-17-8-6-15(7-9-17)26-20(29)18(19(28)25-21(26)30)12-24-14-23(4)11-16(27)10-22(2,3)13-23/h6-9,12,16,27,29H,5,10-11,13-14H2,1-4H3,(H,25,28,30). The summed E-state index contributed by atoms with van der Waals surface area (Å²) >= 11 is 0. The van der Waals surface area contributed by atoms with E-state index in [0.717, 1.165) is 17.4 Å². The fourth-order valence-electron chi connectivity index (χ4n) is 4.81. The van der Waals surface area contributed by atoms with Crippen LogP contribution in [0.3, 0.4) is 0 Å². The lowest BCUT2D eigenvalue weighted by atomic mass is 9.63. The van der Waals surface area contributed by atoms with Crippen LogP contribution in [-0.4, -0.2) is 45.2 Å². The van der Waals surface area contributed by atoms with E-state index in [0.29, 0.717) is 31.0 Å². The number of H-pyrrole nitrogens is 1. The van der Waals surface area contributed by atoms with Crippen LogP contribution in [0, 0.1) is 10.8 Å². The second-order valence-corrected chi connectivity index (χ2v) is 9.44. The van der Waals surface area contributed by atoms with E-state index in [1.54, 1.807) is 24.3 Å². The van der Waals surface area contributed by atoms with Crippen molar-refractivity contribution >= 4 is 6.21 Å². The maximum Gasteiger partial charge on any atom is 0.335 e. The predicted molar refractivity (Wildman–Crippen MR) is 120 cm³/mol. The van der Waals surface area contributed by atoms with Gasteiger partial charge in [-0.05, 0) is 61.3 Å². The van der Waals surface area contributed by atoms with Gasteiger partial charge in [0.25, 0.3) is 5.56 Å². The van der Waals surface area contributed by atoms with Gasteiger partial charge in [-0.15, -0.1) is 0 Å². The molecule has 1 aliphatic rings. The van der Waals surface area contributed by atoms with Gasteiger partial charge >= 0.3 is 5.69 Å². The molecule has 1 saturated carbocycles. The Labute approximate surface area is 181 Å². The van der Waals surface area contributed by atoms with E-state index in [9.17, 15) is 19.8 Å². The van der Waals surface area contributed by atoms with Crippen LogP contribution in [0.25, 0.3) is 5.69 Å². The zero-order chi connectivity index (χ0) is 22.8. The van der Waals surface area contributed by atoms with Crippen LogP contribution >= 0.6 is 0 Å². The van der Waals surface area contributed by atoms with E-state index in [1.807, 2.05) is 6.92 Å². The zero-order valence-corrected chi connectivity index (χ0v) is 18.5. The van der Waals surface area contributed by atoms with Gasteiger partial charge in [-0.2, -0.15) is 0 Å². The normalized spacial score (nSPS) is 23.2. The number of aromatic amines is 1. The SMILES string of the molecule is CCOc1ccc(-n2c(O)c(C=NCC3(C)CC(O)CC(C)(C)C3)c(=O)[nH]c2=O)cc1. The van der Waals surface area contributed by atoms with Crippen molar-refractivity contribution in [3.8, 4) is 17.3 Å². The van der Waals surface area contributed by atoms with E-state index in [2.05, 4.69) is 30.7 Å². The number of hydrogen-bond acceptors (Lipinski definition) is 6. The van der Waals surface area contributed by atoms with Gasteiger partial charge in [0, 0.05) is 12.8 Å². The van der Waals surface area contributed by atoms with E-state index >= 15 is 0 Å². The maximum absolute atomic E-state index is 12.3. The van der Waals surface area contributed by atoms with Crippen LogP contribution < -0.4 is 16.0 Å². The molecule has 1 aliphatic carbocycles. The Morgan fingerprint density at radius 2 is 1.90 bits per heavy atom. The van der Waals surface area contributed by atoms with Crippen molar-refractivity contribution in [3.05, 3.63) is 50.7 Å². The van der Waals surface area contributed by atoms with Crippen molar-refractivity contribution in [3.63, 3.8) is 0 Å². The number of ether oxygens (including phenoxy) is 1. The molecule has 3 rings (SSSR count). The van der Waals surface area contributed by atoms with Crippen molar-refractivity contribution in [2.75, 3.05) is 13.2 Å². The molecule has 0 amide bonds. The number of aliphatic imine (C=N–C) groups is 1. The summed E-state index contributed by atoms with van der Waals surface area (Å²) < 4.78 is 6.42. The van der Waals surface area contributed by atoms with Crippen molar-refractivity contribution in [2.24, 2.45) is 15.8 Å². The molecule has 168 valence electrons. The summed E-state index contributed by atoms with van der Waals surface area (Å²) in [5, 5.41) is 20.9. The lowest BCUT2D eigenvalue weighted by molar-refractivity contribution is -0.00472.